The lowest BCUT2D eigenvalue weighted by Gasteiger charge is -2.48. The van der Waals surface area contributed by atoms with Crippen LogP contribution in [0.1, 0.15) is 12.0 Å². The Balaban J connectivity index is 1.47. The standard InChI is InChI=1S/C18H26N2O3/c1-14-5-4-6-16(7-14)23-10-17(21)20-12-18(13-20)8-15(9-22-3)19(2)11-18/h4-7,15H,8-13H2,1-3H3. The molecular weight excluding hydrogens is 292 g/mol. The van der Waals surface area contributed by atoms with E-state index in [4.69, 9.17) is 9.47 Å². The van der Waals surface area contributed by atoms with E-state index in [1.165, 1.54) is 0 Å². The van der Waals surface area contributed by atoms with Gasteiger partial charge in [-0.2, -0.15) is 0 Å². The van der Waals surface area contributed by atoms with Crippen LogP contribution in [0.25, 0.3) is 0 Å². The van der Waals surface area contributed by atoms with Gasteiger partial charge in [0.1, 0.15) is 5.75 Å². The summed E-state index contributed by atoms with van der Waals surface area (Å²) in [5.74, 6) is 0.837. The minimum atomic E-state index is 0.0787. The molecule has 1 aromatic carbocycles. The molecule has 0 N–H and O–H groups in total. The van der Waals surface area contributed by atoms with Crippen LogP contribution in [0.15, 0.2) is 24.3 Å². The van der Waals surface area contributed by atoms with E-state index < -0.39 is 0 Å². The second-order valence-corrected chi connectivity index (χ2v) is 7.08. The molecule has 0 aliphatic carbocycles. The Morgan fingerprint density at radius 3 is 2.83 bits per heavy atom. The first-order chi connectivity index (χ1) is 11.0. The summed E-state index contributed by atoms with van der Waals surface area (Å²) in [7, 11) is 3.89. The Kier molecular flexibility index (Phi) is 4.60. The molecule has 2 aliphatic heterocycles. The lowest BCUT2D eigenvalue weighted by molar-refractivity contribution is -0.144. The van der Waals surface area contributed by atoms with Gasteiger partial charge in [-0.3, -0.25) is 4.79 Å². The molecule has 23 heavy (non-hydrogen) atoms. The van der Waals surface area contributed by atoms with Crippen LogP contribution >= 0.6 is 0 Å². The van der Waals surface area contributed by atoms with Crippen molar-refractivity contribution in [2.75, 3.05) is 47.0 Å². The fourth-order valence-electron chi connectivity index (χ4n) is 3.87. The van der Waals surface area contributed by atoms with E-state index in [2.05, 4.69) is 11.9 Å². The van der Waals surface area contributed by atoms with Crippen LogP contribution < -0.4 is 4.74 Å². The zero-order valence-electron chi connectivity index (χ0n) is 14.2. The van der Waals surface area contributed by atoms with Gasteiger partial charge in [-0.25, -0.2) is 0 Å². The highest BCUT2D eigenvalue weighted by atomic mass is 16.5. The van der Waals surface area contributed by atoms with Crippen molar-refractivity contribution >= 4 is 5.91 Å². The molecule has 1 amide bonds. The molecular formula is C18H26N2O3. The van der Waals surface area contributed by atoms with E-state index in [1.807, 2.05) is 36.1 Å². The Bertz CT molecular complexity index is 569. The quantitative estimate of drug-likeness (QED) is 0.826. The maximum Gasteiger partial charge on any atom is 0.260 e. The van der Waals surface area contributed by atoms with Crippen LogP contribution in [0.4, 0.5) is 0 Å². The normalized spacial score (nSPS) is 23.1. The summed E-state index contributed by atoms with van der Waals surface area (Å²) >= 11 is 0. The fraction of sp³-hybridized carbons (Fsp3) is 0.611. The summed E-state index contributed by atoms with van der Waals surface area (Å²) in [6, 6.07) is 8.27. The zero-order chi connectivity index (χ0) is 16.4. The molecule has 1 aromatic rings. The number of likely N-dealkylation sites (tertiary alicyclic amines) is 2. The van der Waals surface area contributed by atoms with Crippen molar-refractivity contribution < 1.29 is 14.3 Å². The topological polar surface area (TPSA) is 42.0 Å². The molecule has 2 saturated heterocycles. The number of hydrogen-bond acceptors (Lipinski definition) is 4. The van der Waals surface area contributed by atoms with Crippen molar-refractivity contribution in [1.82, 2.24) is 9.80 Å². The van der Waals surface area contributed by atoms with Crippen molar-refractivity contribution in [3.05, 3.63) is 29.8 Å². The van der Waals surface area contributed by atoms with Gasteiger partial charge in [0.15, 0.2) is 6.61 Å². The molecule has 1 spiro atoms. The summed E-state index contributed by atoms with van der Waals surface area (Å²) < 4.78 is 10.9. The average Bonchev–Trinajstić information content (AvgIpc) is 2.81. The van der Waals surface area contributed by atoms with E-state index in [0.717, 1.165) is 44.0 Å². The van der Waals surface area contributed by atoms with E-state index in [-0.39, 0.29) is 17.9 Å². The van der Waals surface area contributed by atoms with Crippen molar-refractivity contribution in [2.45, 2.75) is 19.4 Å². The molecule has 1 atom stereocenters. The van der Waals surface area contributed by atoms with Crippen molar-refractivity contribution in [2.24, 2.45) is 5.41 Å². The first-order valence-electron chi connectivity index (χ1n) is 8.18. The van der Waals surface area contributed by atoms with E-state index in [9.17, 15) is 4.79 Å². The summed E-state index contributed by atoms with van der Waals surface area (Å²) in [5.41, 5.74) is 1.40. The van der Waals surface area contributed by atoms with Crippen molar-refractivity contribution in [3.8, 4) is 5.75 Å². The van der Waals surface area contributed by atoms with Crippen LogP contribution in [-0.4, -0.2) is 68.8 Å². The number of hydrogen-bond donors (Lipinski definition) is 0. The first kappa shape index (κ1) is 16.3. The molecule has 0 aromatic heterocycles. The number of carbonyl (C=O) groups is 1. The van der Waals surface area contributed by atoms with Crippen LogP contribution in [0.3, 0.4) is 0 Å². The van der Waals surface area contributed by atoms with Gasteiger partial charge >= 0.3 is 0 Å². The van der Waals surface area contributed by atoms with Gasteiger partial charge in [-0.15, -0.1) is 0 Å². The second-order valence-electron chi connectivity index (χ2n) is 7.08. The van der Waals surface area contributed by atoms with Crippen LogP contribution in [-0.2, 0) is 9.53 Å². The van der Waals surface area contributed by atoms with E-state index in [1.54, 1.807) is 7.11 Å². The number of aryl methyl sites for hydroxylation is 1. The smallest absolute Gasteiger partial charge is 0.260 e. The predicted molar refractivity (Wildman–Crippen MR) is 88.6 cm³/mol. The van der Waals surface area contributed by atoms with Crippen LogP contribution in [0.5, 0.6) is 5.75 Å². The Morgan fingerprint density at radius 2 is 2.13 bits per heavy atom. The number of ether oxygens (including phenoxy) is 2. The predicted octanol–water partition coefficient (Wildman–Crippen LogP) is 1.55. The molecule has 5 nitrogen and oxygen atoms in total. The van der Waals surface area contributed by atoms with Gasteiger partial charge in [-0.05, 0) is 38.1 Å². The van der Waals surface area contributed by atoms with E-state index >= 15 is 0 Å². The third-order valence-corrected chi connectivity index (χ3v) is 4.99. The van der Waals surface area contributed by atoms with Crippen LogP contribution in [0.2, 0.25) is 0 Å². The number of rotatable bonds is 5. The number of benzene rings is 1. The van der Waals surface area contributed by atoms with Gasteiger partial charge in [0.05, 0.1) is 6.61 Å². The van der Waals surface area contributed by atoms with Gasteiger partial charge in [0.2, 0.25) is 0 Å². The Hall–Kier alpha value is -1.59. The summed E-state index contributed by atoms with van der Waals surface area (Å²) in [5, 5.41) is 0. The SMILES string of the molecule is COCC1CC2(CN(C(=O)COc3cccc(C)c3)C2)CN1C. The number of nitrogens with zero attached hydrogens (tertiary/aromatic N) is 2. The summed E-state index contributed by atoms with van der Waals surface area (Å²) in [4.78, 5) is 16.5. The molecule has 126 valence electrons. The molecule has 0 radical (unpaired) electrons. The maximum atomic E-state index is 12.3. The van der Waals surface area contributed by atoms with Crippen LogP contribution in [0, 0.1) is 12.3 Å². The van der Waals surface area contributed by atoms with Crippen molar-refractivity contribution in [1.29, 1.82) is 0 Å². The highest BCUT2D eigenvalue weighted by molar-refractivity contribution is 5.78. The Morgan fingerprint density at radius 1 is 1.35 bits per heavy atom. The lowest BCUT2D eigenvalue weighted by Crippen LogP contribution is -2.60. The molecule has 0 saturated carbocycles. The molecule has 1 unspecified atom stereocenters. The molecule has 5 heteroatoms. The highest BCUT2D eigenvalue weighted by Gasteiger charge is 2.51. The molecule has 0 bridgehead atoms. The summed E-state index contributed by atoms with van der Waals surface area (Å²) in [6.07, 6.45) is 1.11. The number of likely N-dealkylation sites (N-methyl/N-ethyl adjacent to an activating group) is 1. The average molecular weight is 318 g/mol. The van der Waals surface area contributed by atoms with Gasteiger partial charge < -0.3 is 19.3 Å². The number of amides is 1. The largest absolute Gasteiger partial charge is 0.484 e. The fourth-order valence-corrected chi connectivity index (χ4v) is 3.87. The zero-order valence-corrected chi connectivity index (χ0v) is 14.2. The van der Waals surface area contributed by atoms with Crippen molar-refractivity contribution in [3.63, 3.8) is 0 Å². The molecule has 2 heterocycles. The lowest BCUT2D eigenvalue weighted by atomic mass is 9.78. The second kappa shape index (κ2) is 6.49. The molecule has 3 rings (SSSR count). The third-order valence-electron chi connectivity index (χ3n) is 4.99. The minimum absolute atomic E-state index is 0.0787. The van der Waals surface area contributed by atoms with Gasteiger partial charge in [-0.1, -0.05) is 12.1 Å². The Labute approximate surface area is 138 Å². The van der Waals surface area contributed by atoms with Gasteiger partial charge in [0.25, 0.3) is 5.91 Å². The number of methoxy groups -OCH3 is 1. The minimum Gasteiger partial charge on any atom is -0.484 e. The monoisotopic (exact) mass is 318 g/mol. The summed E-state index contributed by atoms with van der Waals surface area (Å²) in [6.45, 7) is 5.63. The van der Waals surface area contributed by atoms with Gasteiger partial charge in [0, 0.05) is 38.2 Å². The highest BCUT2D eigenvalue weighted by Crippen LogP contribution is 2.42. The maximum absolute atomic E-state index is 12.3. The molecule has 2 aliphatic rings. The molecule has 2 fully saturated rings. The third kappa shape index (κ3) is 3.51. The van der Waals surface area contributed by atoms with E-state index in [0.29, 0.717) is 6.04 Å². The number of carbonyl (C=O) groups excluding carboxylic acids is 1. The first-order valence-corrected chi connectivity index (χ1v) is 8.18.